The van der Waals surface area contributed by atoms with Gasteiger partial charge in [-0.05, 0) is 73.0 Å². The molecule has 8 heteroatoms. The summed E-state index contributed by atoms with van der Waals surface area (Å²) in [6, 6.07) is 19.2. The summed E-state index contributed by atoms with van der Waals surface area (Å²) in [5.41, 5.74) is 4.39. The number of amides is 1. The van der Waals surface area contributed by atoms with Crippen LogP contribution in [-0.2, 0) is 4.79 Å². The lowest BCUT2D eigenvalue weighted by molar-refractivity contribution is -0.123. The van der Waals surface area contributed by atoms with Crippen LogP contribution in [0.4, 0.5) is 0 Å². The molecule has 0 aromatic heterocycles. The van der Waals surface area contributed by atoms with Crippen LogP contribution >= 0.6 is 0 Å². The number of esters is 1. The summed E-state index contributed by atoms with van der Waals surface area (Å²) in [4.78, 5) is 24.6. The van der Waals surface area contributed by atoms with Crippen LogP contribution < -0.4 is 24.4 Å². The van der Waals surface area contributed by atoms with Gasteiger partial charge in [-0.1, -0.05) is 31.5 Å². The van der Waals surface area contributed by atoms with E-state index in [-0.39, 0.29) is 12.4 Å². The maximum absolute atomic E-state index is 12.6. The zero-order valence-corrected chi connectivity index (χ0v) is 20.7. The van der Waals surface area contributed by atoms with E-state index >= 15 is 0 Å². The maximum atomic E-state index is 12.6. The minimum absolute atomic E-state index is 0.160. The van der Waals surface area contributed by atoms with Crippen molar-refractivity contribution in [3.05, 3.63) is 83.4 Å². The fourth-order valence-electron chi connectivity index (χ4n) is 3.10. The lowest BCUT2D eigenvalue weighted by atomic mass is 10.2. The second-order valence-electron chi connectivity index (χ2n) is 7.87. The number of rotatable bonds is 12. The molecule has 1 amide bonds. The molecule has 0 atom stereocenters. The van der Waals surface area contributed by atoms with Gasteiger partial charge in [0.1, 0.15) is 11.5 Å². The Balaban J connectivity index is 1.54. The second kappa shape index (κ2) is 13.5. The summed E-state index contributed by atoms with van der Waals surface area (Å²) in [5, 5.41) is 3.94. The molecule has 3 aromatic rings. The third-order valence-electron chi connectivity index (χ3n) is 5.10. The van der Waals surface area contributed by atoms with E-state index in [1.54, 1.807) is 48.5 Å². The fourth-order valence-corrected chi connectivity index (χ4v) is 3.10. The third kappa shape index (κ3) is 7.87. The van der Waals surface area contributed by atoms with E-state index in [2.05, 4.69) is 17.5 Å². The molecule has 0 spiro atoms. The van der Waals surface area contributed by atoms with Gasteiger partial charge < -0.3 is 18.9 Å². The number of hydrazone groups is 1. The summed E-state index contributed by atoms with van der Waals surface area (Å²) in [5.74, 6) is 1.04. The highest BCUT2D eigenvalue weighted by atomic mass is 16.6. The molecule has 8 nitrogen and oxygen atoms in total. The minimum atomic E-state index is -0.518. The van der Waals surface area contributed by atoms with Gasteiger partial charge in [0.15, 0.2) is 18.1 Å². The fraction of sp³-hybridized carbons (Fsp3) is 0.250. The van der Waals surface area contributed by atoms with Gasteiger partial charge in [0.05, 0.1) is 25.5 Å². The van der Waals surface area contributed by atoms with E-state index in [0.717, 1.165) is 18.4 Å². The Morgan fingerprint density at radius 3 is 2.44 bits per heavy atom. The highest BCUT2D eigenvalue weighted by molar-refractivity contribution is 5.92. The number of carbonyl (C=O) groups is 2. The molecule has 36 heavy (non-hydrogen) atoms. The Hall–Kier alpha value is -4.33. The van der Waals surface area contributed by atoms with Gasteiger partial charge in [0.2, 0.25) is 0 Å². The van der Waals surface area contributed by atoms with Crippen molar-refractivity contribution in [1.29, 1.82) is 0 Å². The molecule has 0 aliphatic rings. The molecule has 0 bridgehead atoms. The Bertz CT molecular complexity index is 1190. The highest BCUT2D eigenvalue weighted by Crippen LogP contribution is 2.28. The first-order chi connectivity index (χ1) is 17.5. The van der Waals surface area contributed by atoms with Gasteiger partial charge in [0.25, 0.3) is 5.91 Å². The molecule has 0 saturated heterocycles. The summed E-state index contributed by atoms with van der Waals surface area (Å²) in [7, 11) is 1.47. The number of benzene rings is 3. The smallest absolute Gasteiger partial charge is 0.343 e. The molecule has 0 fully saturated rings. The summed E-state index contributed by atoms with van der Waals surface area (Å²) < 4.78 is 22.0. The predicted molar refractivity (Wildman–Crippen MR) is 137 cm³/mol. The Morgan fingerprint density at radius 2 is 1.72 bits per heavy atom. The average Bonchev–Trinajstić information content (AvgIpc) is 2.89. The molecule has 3 rings (SSSR count). The summed E-state index contributed by atoms with van der Waals surface area (Å²) >= 11 is 0. The molecule has 3 aromatic carbocycles. The first-order valence-electron chi connectivity index (χ1n) is 11.6. The topological polar surface area (TPSA) is 95.5 Å². The molecule has 0 aliphatic carbocycles. The van der Waals surface area contributed by atoms with Crippen molar-refractivity contribution in [2.24, 2.45) is 5.10 Å². The van der Waals surface area contributed by atoms with Crippen molar-refractivity contribution in [3.63, 3.8) is 0 Å². The Morgan fingerprint density at radius 1 is 0.944 bits per heavy atom. The predicted octanol–water partition coefficient (Wildman–Crippen LogP) is 4.93. The van der Waals surface area contributed by atoms with Crippen LogP contribution in [0.1, 0.15) is 41.3 Å². The number of para-hydroxylation sites is 1. The van der Waals surface area contributed by atoms with Crippen LogP contribution in [-0.4, -0.2) is 38.4 Å². The van der Waals surface area contributed by atoms with Crippen LogP contribution in [0, 0.1) is 6.92 Å². The van der Waals surface area contributed by atoms with Gasteiger partial charge in [-0.3, -0.25) is 4.79 Å². The van der Waals surface area contributed by atoms with Gasteiger partial charge in [-0.25, -0.2) is 10.2 Å². The average molecular weight is 491 g/mol. The van der Waals surface area contributed by atoms with Crippen molar-refractivity contribution < 1.29 is 28.5 Å². The number of aryl methyl sites for hydroxylation is 1. The van der Waals surface area contributed by atoms with Crippen LogP contribution in [0.5, 0.6) is 23.0 Å². The minimum Gasteiger partial charge on any atom is -0.494 e. The van der Waals surface area contributed by atoms with E-state index in [9.17, 15) is 9.59 Å². The molecule has 0 radical (unpaired) electrons. The van der Waals surface area contributed by atoms with E-state index < -0.39 is 11.9 Å². The lowest BCUT2D eigenvalue weighted by Crippen LogP contribution is -2.24. The zero-order valence-electron chi connectivity index (χ0n) is 20.7. The summed E-state index contributed by atoms with van der Waals surface area (Å²) in [6.07, 6.45) is 3.48. The van der Waals surface area contributed by atoms with Gasteiger partial charge >= 0.3 is 5.97 Å². The maximum Gasteiger partial charge on any atom is 0.343 e. The number of hydrogen-bond donors (Lipinski definition) is 1. The molecule has 0 unspecified atom stereocenters. The molecular weight excluding hydrogens is 460 g/mol. The Labute approximate surface area is 210 Å². The van der Waals surface area contributed by atoms with Crippen LogP contribution in [0.15, 0.2) is 71.8 Å². The second-order valence-corrected chi connectivity index (χ2v) is 7.87. The van der Waals surface area contributed by atoms with Gasteiger partial charge in [0, 0.05) is 0 Å². The zero-order chi connectivity index (χ0) is 25.8. The van der Waals surface area contributed by atoms with Crippen molar-refractivity contribution in [2.45, 2.75) is 26.7 Å². The first kappa shape index (κ1) is 26.3. The van der Waals surface area contributed by atoms with Crippen molar-refractivity contribution >= 4 is 18.1 Å². The van der Waals surface area contributed by atoms with Gasteiger partial charge in [-0.2, -0.15) is 5.10 Å². The normalized spacial score (nSPS) is 10.6. The van der Waals surface area contributed by atoms with Crippen molar-refractivity contribution in [1.82, 2.24) is 5.43 Å². The number of methoxy groups -OCH3 is 1. The molecule has 0 saturated carbocycles. The molecule has 0 aliphatic heterocycles. The van der Waals surface area contributed by atoms with Crippen LogP contribution in [0.3, 0.4) is 0 Å². The number of ether oxygens (including phenoxy) is 4. The Kier molecular flexibility index (Phi) is 9.88. The van der Waals surface area contributed by atoms with E-state index in [4.69, 9.17) is 18.9 Å². The van der Waals surface area contributed by atoms with E-state index in [0.29, 0.717) is 35.0 Å². The van der Waals surface area contributed by atoms with E-state index in [1.165, 1.54) is 13.3 Å². The summed E-state index contributed by atoms with van der Waals surface area (Å²) in [6.45, 7) is 4.47. The first-order valence-corrected chi connectivity index (χ1v) is 11.6. The monoisotopic (exact) mass is 490 g/mol. The highest BCUT2D eigenvalue weighted by Gasteiger charge is 2.13. The molecule has 0 heterocycles. The third-order valence-corrected chi connectivity index (χ3v) is 5.10. The number of carbonyl (C=O) groups excluding carboxylic acids is 2. The lowest BCUT2D eigenvalue weighted by Gasteiger charge is -2.10. The number of nitrogens with one attached hydrogen (secondary N) is 1. The van der Waals surface area contributed by atoms with Crippen LogP contribution in [0.2, 0.25) is 0 Å². The number of unbranched alkanes of at least 4 members (excludes halogenated alkanes) is 1. The molecule has 1 N–H and O–H groups in total. The van der Waals surface area contributed by atoms with Crippen molar-refractivity contribution in [2.75, 3.05) is 20.3 Å². The van der Waals surface area contributed by atoms with Crippen molar-refractivity contribution in [3.8, 4) is 23.0 Å². The largest absolute Gasteiger partial charge is 0.494 e. The van der Waals surface area contributed by atoms with Crippen LogP contribution in [0.25, 0.3) is 0 Å². The van der Waals surface area contributed by atoms with E-state index in [1.807, 2.05) is 25.1 Å². The van der Waals surface area contributed by atoms with Gasteiger partial charge in [-0.15, -0.1) is 0 Å². The molecular formula is C28H30N2O6. The number of hydrogen-bond acceptors (Lipinski definition) is 7. The SMILES string of the molecule is CCCCOc1ccc(C(=O)Oc2ccc(/C=N/NC(=O)COc3ccccc3C)cc2OC)cc1. The quantitative estimate of drug-likeness (QED) is 0.127. The number of nitrogens with zero attached hydrogens (tertiary/aromatic N) is 1. The molecule has 188 valence electrons. The standard InChI is InChI=1S/C28H30N2O6/c1-4-5-16-34-23-13-11-22(12-14-23)28(32)36-25-15-10-21(17-26(25)33-3)18-29-30-27(31)19-35-24-9-7-6-8-20(24)2/h6-15,17-18H,4-5,16,19H2,1-3H3,(H,30,31)/b29-18+.